The lowest BCUT2D eigenvalue weighted by Gasteiger charge is -2.22. The van der Waals surface area contributed by atoms with Crippen molar-refractivity contribution in [2.45, 2.75) is 106 Å². The third kappa shape index (κ3) is 8.23. The second kappa shape index (κ2) is 16.2. The Labute approximate surface area is 383 Å². The highest BCUT2D eigenvalue weighted by Crippen LogP contribution is 2.43. The van der Waals surface area contributed by atoms with E-state index < -0.39 is 59.6 Å². The molecule has 4 heteroatoms. The van der Waals surface area contributed by atoms with Gasteiger partial charge in [-0.1, -0.05) is 148 Å². The fraction of sp³-hybridized carbons (Fsp3) is 0.276. The number of hydrogen-bond donors (Lipinski definition) is 1. The van der Waals surface area contributed by atoms with E-state index in [0.29, 0.717) is 33.6 Å². The number of para-hydroxylation sites is 1. The lowest BCUT2D eigenvalue weighted by Crippen LogP contribution is -2.12. The smallest absolute Gasteiger partial charge is 0.149 e. The average Bonchev–Trinajstić information content (AvgIpc) is 3.68. The molecular formula is C58H61N3O. The Kier molecular flexibility index (Phi) is 8.26. The molecule has 0 bridgehead atoms. The van der Waals surface area contributed by atoms with Crippen LogP contribution in [0.4, 0.5) is 0 Å². The van der Waals surface area contributed by atoms with Gasteiger partial charge in [0.1, 0.15) is 11.6 Å². The summed E-state index contributed by atoms with van der Waals surface area (Å²) in [5, 5.41) is 12.0. The van der Waals surface area contributed by atoms with E-state index >= 15 is 0 Å². The molecule has 8 aromatic rings. The number of pyridine rings is 1. The van der Waals surface area contributed by atoms with E-state index in [0.717, 1.165) is 55.7 Å². The molecule has 0 aliphatic rings. The van der Waals surface area contributed by atoms with Gasteiger partial charge >= 0.3 is 0 Å². The van der Waals surface area contributed by atoms with Crippen LogP contribution in [0.2, 0.25) is 0 Å². The molecule has 6 aromatic carbocycles. The molecular weight excluding hydrogens is 755 g/mol. The van der Waals surface area contributed by atoms with Gasteiger partial charge in [-0.25, -0.2) is 4.98 Å². The number of rotatable bonds is 8. The zero-order chi connectivity index (χ0) is 53.1. The molecule has 0 saturated carbocycles. The van der Waals surface area contributed by atoms with Crippen molar-refractivity contribution in [2.24, 2.45) is 0 Å². The van der Waals surface area contributed by atoms with Crippen LogP contribution >= 0.6 is 0 Å². The number of phenols is 1. The lowest BCUT2D eigenvalue weighted by atomic mass is 9.83. The normalized spacial score (nSPS) is 14.8. The lowest BCUT2D eigenvalue weighted by molar-refractivity contribution is 0.471. The number of imidazole rings is 1. The third-order valence-corrected chi connectivity index (χ3v) is 11.7. The second-order valence-electron chi connectivity index (χ2n) is 18.9. The van der Waals surface area contributed by atoms with Crippen LogP contribution in [0.3, 0.4) is 0 Å². The summed E-state index contributed by atoms with van der Waals surface area (Å²) in [5.41, 5.74) is 10.2. The van der Waals surface area contributed by atoms with Gasteiger partial charge in [-0.3, -0.25) is 9.55 Å². The summed E-state index contributed by atoms with van der Waals surface area (Å²) in [6.45, 7) is 23.9. The summed E-state index contributed by atoms with van der Waals surface area (Å²) in [4.78, 5) is 9.91. The number of benzene rings is 6. The molecule has 0 fully saturated rings. The Bertz CT molecular complexity index is 3470. The molecule has 0 atom stereocenters. The second-order valence-corrected chi connectivity index (χ2v) is 18.9. The first-order valence-electron chi connectivity index (χ1n) is 26.1. The molecule has 62 heavy (non-hydrogen) atoms. The number of hydrogen-bond acceptors (Lipinski definition) is 3. The summed E-state index contributed by atoms with van der Waals surface area (Å²) < 4.78 is 89.4. The molecule has 0 radical (unpaired) electrons. The first-order chi connectivity index (χ1) is 33.3. The van der Waals surface area contributed by atoms with Gasteiger partial charge in [-0.15, -0.1) is 0 Å². The van der Waals surface area contributed by atoms with Crippen molar-refractivity contribution in [2.75, 3.05) is 0 Å². The van der Waals surface area contributed by atoms with Crippen molar-refractivity contribution in [1.82, 2.24) is 14.5 Å². The molecule has 0 spiro atoms. The Hall–Kier alpha value is -6.26. The standard InChI is InChI=1S/C58H61N3O/c1-35(2)42-27-43(36(3)4)29-44(28-42)40-21-22-52(37(5)25-40)61-53-20-16-19-49(54(53)60-56(61)50-34-47(57(7,8)9)26-38(6)55(50)62)45-30-46(32-48(31-45)58(10,11)12)51-33-41(23-24-59-51)39-17-14-13-15-18-39/h13-36,62H,1-12H3/i13D,14D,15D,17D,18D,23D,24D,33D,35D,36D. The van der Waals surface area contributed by atoms with E-state index in [1.54, 1.807) is 0 Å². The summed E-state index contributed by atoms with van der Waals surface area (Å²) in [5.74, 6) is -1.18. The van der Waals surface area contributed by atoms with Crippen LogP contribution in [0, 0.1) is 13.8 Å². The molecule has 2 aromatic heterocycles. The maximum Gasteiger partial charge on any atom is 0.149 e. The SMILES string of the molecule is [2H]c1nc(-c2cc(-c3cccc4c3nc(-c3cc(C(C)(C)C)cc(C)c3O)n4-c3ccc(-c4cc(C([2H])(C)C)cc(C([2H])(C)C)c4)cc3C)cc(C(C)(C)C)c2)c([2H])c(-c2c([2H])c([2H])c([2H])c([2H])c2[2H])c1[2H]. The summed E-state index contributed by atoms with van der Waals surface area (Å²) in [6.07, 6.45) is -0.515. The molecule has 0 amide bonds. The van der Waals surface area contributed by atoms with E-state index in [1.807, 2.05) is 114 Å². The topological polar surface area (TPSA) is 50.9 Å². The van der Waals surface area contributed by atoms with Crippen LogP contribution in [0.5, 0.6) is 5.75 Å². The van der Waals surface area contributed by atoms with Gasteiger partial charge < -0.3 is 5.11 Å². The van der Waals surface area contributed by atoms with E-state index in [-0.39, 0.29) is 34.0 Å². The predicted molar refractivity (Wildman–Crippen MR) is 263 cm³/mol. The number of aryl methyl sites for hydroxylation is 2. The highest BCUT2D eigenvalue weighted by Gasteiger charge is 2.26. The van der Waals surface area contributed by atoms with Crippen molar-refractivity contribution in [3.8, 4) is 67.5 Å². The quantitative estimate of drug-likeness (QED) is 0.166. The van der Waals surface area contributed by atoms with Crippen molar-refractivity contribution < 1.29 is 18.8 Å². The maximum atomic E-state index is 12.0. The average molecular weight is 826 g/mol. The first kappa shape index (κ1) is 31.6. The Morgan fingerprint density at radius 1 is 0.613 bits per heavy atom. The fourth-order valence-electron chi connectivity index (χ4n) is 7.90. The van der Waals surface area contributed by atoms with Gasteiger partial charge in [0, 0.05) is 20.0 Å². The van der Waals surface area contributed by atoms with E-state index in [1.165, 1.54) is 0 Å². The number of phenolic OH excluding ortho intramolecular Hbond substituents is 1. The summed E-state index contributed by atoms with van der Waals surface area (Å²) in [6, 6.07) is 24.0. The van der Waals surface area contributed by atoms with Crippen molar-refractivity contribution in [3.05, 3.63) is 167 Å². The van der Waals surface area contributed by atoms with Gasteiger partial charge in [0.25, 0.3) is 0 Å². The van der Waals surface area contributed by atoms with E-state index in [9.17, 15) is 6.48 Å². The van der Waals surface area contributed by atoms with Crippen LogP contribution in [-0.4, -0.2) is 19.6 Å². The first-order valence-corrected chi connectivity index (χ1v) is 21.1. The summed E-state index contributed by atoms with van der Waals surface area (Å²) in [7, 11) is 0. The molecule has 4 nitrogen and oxygen atoms in total. The van der Waals surface area contributed by atoms with Crippen molar-refractivity contribution >= 4 is 11.0 Å². The zero-order valence-electron chi connectivity index (χ0n) is 47.9. The monoisotopic (exact) mass is 826 g/mol. The zero-order valence-corrected chi connectivity index (χ0v) is 37.9. The number of nitrogens with zero attached hydrogens (tertiary/aromatic N) is 3. The van der Waals surface area contributed by atoms with Crippen LogP contribution in [0.1, 0.15) is 128 Å². The molecule has 0 aliphatic heterocycles. The maximum absolute atomic E-state index is 12.0. The van der Waals surface area contributed by atoms with E-state index in [4.69, 9.17) is 17.3 Å². The molecule has 1 N–H and O–H groups in total. The molecule has 314 valence electrons. The van der Waals surface area contributed by atoms with Crippen LogP contribution in [-0.2, 0) is 10.8 Å². The van der Waals surface area contributed by atoms with Crippen molar-refractivity contribution in [3.63, 3.8) is 0 Å². The molecule has 2 heterocycles. The number of aromatic nitrogens is 3. The highest BCUT2D eigenvalue weighted by molar-refractivity contribution is 5.97. The van der Waals surface area contributed by atoms with Crippen LogP contribution in [0.25, 0.3) is 72.7 Å². The minimum atomic E-state index is -0.892. The van der Waals surface area contributed by atoms with E-state index in [2.05, 4.69) is 63.2 Å². The minimum absolute atomic E-state index is 0.00824. The minimum Gasteiger partial charge on any atom is -0.507 e. The summed E-state index contributed by atoms with van der Waals surface area (Å²) >= 11 is 0. The van der Waals surface area contributed by atoms with Crippen molar-refractivity contribution in [1.29, 1.82) is 0 Å². The fourth-order valence-corrected chi connectivity index (χ4v) is 7.90. The molecule has 0 aliphatic carbocycles. The predicted octanol–water partition coefficient (Wildman–Crippen LogP) is 15.9. The van der Waals surface area contributed by atoms with Gasteiger partial charge in [0.15, 0.2) is 0 Å². The Morgan fingerprint density at radius 2 is 1.27 bits per heavy atom. The van der Waals surface area contributed by atoms with Gasteiger partial charge in [0.05, 0.1) is 38.9 Å². The van der Waals surface area contributed by atoms with Crippen LogP contribution in [0.15, 0.2) is 133 Å². The Balaban J connectivity index is 1.41. The Morgan fingerprint density at radius 3 is 1.92 bits per heavy atom. The van der Waals surface area contributed by atoms with Gasteiger partial charge in [-0.2, -0.15) is 0 Å². The number of aromatic hydroxyl groups is 1. The van der Waals surface area contributed by atoms with Gasteiger partial charge in [-0.05, 0) is 146 Å². The largest absolute Gasteiger partial charge is 0.507 e. The number of fused-ring (bicyclic) bond motifs is 1. The highest BCUT2D eigenvalue weighted by atomic mass is 16.3. The molecule has 0 unspecified atom stereocenters. The van der Waals surface area contributed by atoms with Crippen LogP contribution < -0.4 is 0 Å². The molecule has 8 rings (SSSR count). The molecule has 0 saturated heterocycles. The van der Waals surface area contributed by atoms with Gasteiger partial charge in [0.2, 0.25) is 0 Å². The third-order valence-electron chi connectivity index (χ3n) is 11.7.